The van der Waals surface area contributed by atoms with Gasteiger partial charge in [-0.3, -0.25) is 0 Å². The molecule has 0 saturated carbocycles. The van der Waals surface area contributed by atoms with E-state index in [1.165, 1.54) is 0 Å². The highest BCUT2D eigenvalue weighted by atomic mass is 35.5. The standard InChI is InChI=1S/C18H12ClF3N4/c19-11-5-6-17-24-12(10-26(17)9-11)8-23-15-7-16(18(20,21)22)25-14-4-2-1-3-13(14)15/h1-7,9-10H,8H2,(H,23,25). The molecule has 8 heteroatoms. The number of pyridine rings is 2. The number of imidazole rings is 1. The van der Waals surface area contributed by atoms with Gasteiger partial charge in [0.15, 0.2) is 0 Å². The molecule has 0 radical (unpaired) electrons. The molecule has 0 aliphatic carbocycles. The third-order valence-electron chi connectivity index (χ3n) is 3.93. The Bertz CT molecular complexity index is 1100. The zero-order valence-electron chi connectivity index (χ0n) is 13.3. The fourth-order valence-corrected chi connectivity index (χ4v) is 2.92. The van der Waals surface area contributed by atoms with Crippen molar-refractivity contribution in [2.45, 2.75) is 12.7 Å². The highest BCUT2D eigenvalue weighted by Gasteiger charge is 2.33. The molecule has 0 aliphatic rings. The quantitative estimate of drug-likeness (QED) is 0.536. The smallest absolute Gasteiger partial charge is 0.379 e. The summed E-state index contributed by atoms with van der Waals surface area (Å²) >= 11 is 5.95. The molecule has 26 heavy (non-hydrogen) atoms. The fraction of sp³-hybridized carbons (Fsp3) is 0.111. The summed E-state index contributed by atoms with van der Waals surface area (Å²) in [5, 5.41) is 4.23. The van der Waals surface area contributed by atoms with Crippen LogP contribution in [0.2, 0.25) is 5.02 Å². The molecule has 132 valence electrons. The van der Waals surface area contributed by atoms with Crippen molar-refractivity contribution in [2.75, 3.05) is 5.32 Å². The maximum Gasteiger partial charge on any atom is 0.433 e. The maximum absolute atomic E-state index is 13.1. The van der Waals surface area contributed by atoms with Gasteiger partial charge in [-0.1, -0.05) is 29.8 Å². The van der Waals surface area contributed by atoms with Crippen molar-refractivity contribution in [3.8, 4) is 0 Å². The number of alkyl halides is 3. The second-order valence-corrected chi connectivity index (χ2v) is 6.20. The average Bonchev–Trinajstić information content (AvgIpc) is 3.00. The Morgan fingerprint density at radius 2 is 1.85 bits per heavy atom. The highest BCUT2D eigenvalue weighted by Crippen LogP contribution is 2.33. The van der Waals surface area contributed by atoms with Crippen LogP contribution in [0.1, 0.15) is 11.4 Å². The second kappa shape index (κ2) is 6.17. The Balaban J connectivity index is 1.69. The number of para-hydroxylation sites is 1. The lowest BCUT2D eigenvalue weighted by Gasteiger charge is -2.12. The zero-order valence-corrected chi connectivity index (χ0v) is 14.0. The molecule has 0 aliphatic heterocycles. The number of fused-ring (bicyclic) bond motifs is 2. The van der Waals surface area contributed by atoms with Gasteiger partial charge >= 0.3 is 6.18 Å². The molecule has 1 N–H and O–H groups in total. The average molecular weight is 377 g/mol. The van der Waals surface area contributed by atoms with Crippen LogP contribution in [0.3, 0.4) is 0 Å². The van der Waals surface area contributed by atoms with Gasteiger partial charge in [0.25, 0.3) is 0 Å². The minimum atomic E-state index is -4.51. The number of halogens is 4. The topological polar surface area (TPSA) is 42.2 Å². The maximum atomic E-state index is 13.1. The van der Waals surface area contributed by atoms with Crippen LogP contribution in [0, 0.1) is 0 Å². The molecule has 0 amide bonds. The molecule has 0 atom stereocenters. The number of nitrogens with zero attached hydrogens (tertiary/aromatic N) is 3. The lowest BCUT2D eigenvalue weighted by atomic mass is 10.1. The molecule has 0 unspecified atom stereocenters. The number of aromatic nitrogens is 3. The van der Waals surface area contributed by atoms with Crippen molar-refractivity contribution in [2.24, 2.45) is 0 Å². The number of hydrogen-bond donors (Lipinski definition) is 1. The first-order valence-electron chi connectivity index (χ1n) is 7.74. The van der Waals surface area contributed by atoms with E-state index in [2.05, 4.69) is 15.3 Å². The van der Waals surface area contributed by atoms with E-state index in [1.807, 2.05) is 0 Å². The summed E-state index contributed by atoms with van der Waals surface area (Å²) in [6.45, 7) is 0.268. The van der Waals surface area contributed by atoms with E-state index in [9.17, 15) is 13.2 Å². The predicted octanol–water partition coefficient (Wildman–Crippen LogP) is 5.17. The Morgan fingerprint density at radius 3 is 2.65 bits per heavy atom. The van der Waals surface area contributed by atoms with E-state index < -0.39 is 11.9 Å². The van der Waals surface area contributed by atoms with Crippen molar-refractivity contribution >= 4 is 33.8 Å². The van der Waals surface area contributed by atoms with Crippen molar-refractivity contribution in [1.29, 1.82) is 0 Å². The number of anilines is 1. The van der Waals surface area contributed by atoms with Gasteiger partial charge in [-0.15, -0.1) is 0 Å². The molecule has 0 spiro atoms. The fourth-order valence-electron chi connectivity index (χ4n) is 2.76. The van der Waals surface area contributed by atoms with E-state index in [0.29, 0.717) is 27.4 Å². The van der Waals surface area contributed by atoms with Gasteiger partial charge in [0.05, 0.1) is 22.8 Å². The normalized spacial score (nSPS) is 12.0. The van der Waals surface area contributed by atoms with Crippen molar-refractivity contribution in [3.05, 3.63) is 71.3 Å². The summed E-state index contributed by atoms with van der Waals surface area (Å²) in [6.07, 6.45) is -1.01. The molecule has 4 aromatic rings. The summed E-state index contributed by atoms with van der Waals surface area (Å²) in [5.41, 5.74) is 1.11. The number of rotatable bonds is 3. The summed E-state index contributed by atoms with van der Waals surface area (Å²) < 4.78 is 41.1. The molecule has 1 aromatic carbocycles. The summed E-state index contributed by atoms with van der Waals surface area (Å²) in [5.74, 6) is 0. The predicted molar refractivity (Wildman–Crippen MR) is 94.3 cm³/mol. The SMILES string of the molecule is FC(F)(F)c1cc(NCc2cn3cc(Cl)ccc3n2)c2ccccc2n1. The van der Waals surface area contributed by atoms with Crippen LogP contribution in [0.15, 0.2) is 54.9 Å². The largest absolute Gasteiger partial charge is 0.433 e. The van der Waals surface area contributed by atoms with Gasteiger partial charge in [0.2, 0.25) is 0 Å². The van der Waals surface area contributed by atoms with E-state index in [-0.39, 0.29) is 12.1 Å². The van der Waals surface area contributed by atoms with Crippen LogP contribution >= 0.6 is 11.6 Å². The molecule has 3 heterocycles. The molecule has 0 fully saturated rings. The number of benzene rings is 1. The molecular formula is C18H12ClF3N4. The Kier molecular flexibility index (Phi) is 3.96. The molecule has 0 bridgehead atoms. The van der Waals surface area contributed by atoms with Crippen LogP contribution in [-0.4, -0.2) is 14.4 Å². The summed E-state index contributed by atoms with van der Waals surface area (Å²) in [6, 6.07) is 11.2. The van der Waals surface area contributed by atoms with Gasteiger partial charge < -0.3 is 9.72 Å². The van der Waals surface area contributed by atoms with Crippen LogP contribution in [0.4, 0.5) is 18.9 Å². The van der Waals surface area contributed by atoms with Gasteiger partial charge in [-0.05, 0) is 24.3 Å². The van der Waals surface area contributed by atoms with E-state index in [4.69, 9.17) is 11.6 Å². The molecule has 4 rings (SSSR count). The zero-order chi connectivity index (χ0) is 18.3. The Morgan fingerprint density at radius 1 is 1.04 bits per heavy atom. The third kappa shape index (κ3) is 3.17. The van der Waals surface area contributed by atoms with Gasteiger partial charge in [0, 0.05) is 23.5 Å². The molecule has 4 nitrogen and oxygen atoms in total. The van der Waals surface area contributed by atoms with Crippen LogP contribution in [-0.2, 0) is 12.7 Å². The molecule has 3 aromatic heterocycles. The van der Waals surface area contributed by atoms with Crippen LogP contribution < -0.4 is 5.32 Å². The Labute approximate surface area is 151 Å². The summed E-state index contributed by atoms with van der Waals surface area (Å²) in [4.78, 5) is 8.13. The first-order valence-corrected chi connectivity index (χ1v) is 8.12. The number of nitrogens with one attached hydrogen (secondary N) is 1. The monoisotopic (exact) mass is 376 g/mol. The van der Waals surface area contributed by atoms with E-state index in [1.54, 1.807) is 53.2 Å². The van der Waals surface area contributed by atoms with Gasteiger partial charge in [-0.25, -0.2) is 9.97 Å². The summed E-state index contributed by atoms with van der Waals surface area (Å²) in [7, 11) is 0. The molecular weight excluding hydrogens is 365 g/mol. The highest BCUT2D eigenvalue weighted by molar-refractivity contribution is 6.30. The first-order chi connectivity index (χ1) is 12.4. The van der Waals surface area contributed by atoms with E-state index in [0.717, 1.165) is 6.07 Å². The minimum absolute atomic E-state index is 0.268. The second-order valence-electron chi connectivity index (χ2n) is 5.77. The van der Waals surface area contributed by atoms with Crippen molar-refractivity contribution in [3.63, 3.8) is 0 Å². The molecule has 0 saturated heterocycles. The van der Waals surface area contributed by atoms with E-state index >= 15 is 0 Å². The van der Waals surface area contributed by atoms with Gasteiger partial charge in [-0.2, -0.15) is 13.2 Å². The first kappa shape index (κ1) is 16.7. The Hall–Kier alpha value is -2.80. The van der Waals surface area contributed by atoms with Crippen molar-refractivity contribution < 1.29 is 13.2 Å². The number of hydrogen-bond acceptors (Lipinski definition) is 3. The third-order valence-corrected chi connectivity index (χ3v) is 4.15. The lowest BCUT2D eigenvalue weighted by molar-refractivity contribution is -0.140. The van der Waals surface area contributed by atoms with Gasteiger partial charge in [0.1, 0.15) is 11.3 Å². The van der Waals surface area contributed by atoms with Crippen LogP contribution in [0.25, 0.3) is 16.6 Å². The minimum Gasteiger partial charge on any atom is -0.379 e. The lowest BCUT2D eigenvalue weighted by Crippen LogP contribution is -2.10. The van der Waals surface area contributed by atoms with Crippen molar-refractivity contribution in [1.82, 2.24) is 14.4 Å². The van der Waals surface area contributed by atoms with Crippen LogP contribution in [0.5, 0.6) is 0 Å².